The van der Waals surface area contributed by atoms with E-state index in [-0.39, 0.29) is 11.6 Å². The Morgan fingerprint density at radius 1 is 1.17 bits per heavy atom. The van der Waals surface area contributed by atoms with Gasteiger partial charge < -0.3 is 5.11 Å². The van der Waals surface area contributed by atoms with Gasteiger partial charge in [0.05, 0.1) is 10.5 Å². The largest absolute Gasteiger partial charge is 0.478 e. The molecule has 0 saturated heterocycles. The van der Waals surface area contributed by atoms with Crippen LogP contribution in [0.15, 0.2) is 53.4 Å². The van der Waals surface area contributed by atoms with Gasteiger partial charge >= 0.3 is 5.97 Å². The van der Waals surface area contributed by atoms with Crippen molar-refractivity contribution in [1.82, 2.24) is 4.90 Å². The highest BCUT2D eigenvalue weighted by Crippen LogP contribution is 2.22. The Kier molecular flexibility index (Phi) is 5.41. The number of sulfone groups is 1. The second kappa shape index (κ2) is 7.15. The lowest BCUT2D eigenvalue weighted by atomic mass is 10.1. The summed E-state index contributed by atoms with van der Waals surface area (Å²) in [4.78, 5) is 13.4. The van der Waals surface area contributed by atoms with Crippen molar-refractivity contribution >= 4 is 15.8 Å². The molecule has 1 atom stereocenters. The molecule has 1 unspecified atom stereocenters. The van der Waals surface area contributed by atoms with Crippen molar-refractivity contribution in [3.8, 4) is 0 Å². The minimum absolute atomic E-state index is 0.0621. The maximum Gasteiger partial charge on any atom is 0.335 e. The van der Waals surface area contributed by atoms with Crippen LogP contribution in [0, 0.1) is 0 Å². The molecule has 0 aromatic heterocycles. The van der Waals surface area contributed by atoms with Crippen LogP contribution in [0.25, 0.3) is 0 Å². The van der Waals surface area contributed by atoms with Crippen molar-refractivity contribution in [2.24, 2.45) is 0 Å². The topological polar surface area (TPSA) is 74.7 Å². The van der Waals surface area contributed by atoms with Crippen LogP contribution in [-0.2, 0) is 16.4 Å². The molecule has 2 aromatic rings. The molecule has 0 radical (unpaired) electrons. The van der Waals surface area contributed by atoms with Gasteiger partial charge in [0.2, 0.25) is 0 Å². The number of aromatic carboxylic acids is 1. The number of rotatable bonds is 6. The average molecular weight is 347 g/mol. The van der Waals surface area contributed by atoms with Gasteiger partial charge in [-0.05, 0) is 49.4 Å². The first-order chi connectivity index (χ1) is 11.2. The van der Waals surface area contributed by atoms with Gasteiger partial charge in [-0.2, -0.15) is 0 Å². The number of nitrogens with zero attached hydrogens (tertiary/aromatic N) is 1. The standard InChI is InChI=1S/C18H21NO4S/c1-13(15-7-9-17(10-8-15)24(3,22)23)19(2)12-14-5-4-6-16(11-14)18(20)21/h4-11,13H,12H2,1-3H3,(H,20,21). The Balaban J connectivity index is 2.13. The second-order valence-electron chi connectivity index (χ2n) is 5.94. The molecule has 0 heterocycles. The van der Waals surface area contributed by atoms with E-state index in [0.717, 1.165) is 11.1 Å². The molecule has 1 N–H and O–H groups in total. The molecular weight excluding hydrogens is 326 g/mol. The van der Waals surface area contributed by atoms with E-state index in [1.165, 1.54) is 6.26 Å². The van der Waals surface area contributed by atoms with E-state index in [2.05, 4.69) is 4.90 Å². The average Bonchev–Trinajstić information content (AvgIpc) is 2.53. The van der Waals surface area contributed by atoms with Crippen LogP contribution in [-0.4, -0.2) is 37.7 Å². The number of hydrogen-bond acceptors (Lipinski definition) is 4. The zero-order valence-corrected chi connectivity index (χ0v) is 14.7. The normalized spacial score (nSPS) is 13.0. The van der Waals surface area contributed by atoms with E-state index in [9.17, 15) is 13.2 Å². The number of benzene rings is 2. The van der Waals surface area contributed by atoms with Crippen molar-refractivity contribution in [3.63, 3.8) is 0 Å². The zero-order valence-electron chi connectivity index (χ0n) is 13.9. The fourth-order valence-corrected chi connectivity index (χ4v) is 3.11. The van der Waals surface area contributed by atoms with E-state index in [4.69, 9.17) is 5.11 Å². The molecule has 5 nitrogen and oxygen atoms in total. The van der Waals surface area contributed by atoms with Gasteiger partial charge in [-0.15, -0.1) is 0 Å². The van der Waals surface area contributed by atoms with Crippen LogP contribution in [0.4, 0.5) is 0 Å². The van der Waals surface area contributed by atoms with E-state index < -0.39 is 15.8 Å². The Labute approximate surface area is 142 Å². The van der Waals surface area contributed by atoms with Crippen molar-refractivity contribution in [2.45, 2.75) is 24.4 Å². The van der Waals surface area contributed by atoms with E-state index >= 15 is 0 Å². The molecule has 0 aliphatic carbocycles. The highest BCUT2D eigenvalue weighted by atomic mass is 32.2. The first-order valence-electron chi connectivity index (χ1n) is 7.51. The predicted molar refractivity (Wildman–Crippen MR) is 92.8 cm³/mol. The fourth-order valence-electron chi connectivity index (χ4n) is 2.48. The molecule has 0 aliphatic rings. The Morgan fingerprint density at radius 3 is 2.33 bits per heavy atom. The first kappa shape index (κ1) is 18.2. The molecule has 0 spiro atoms. The highest BCUT2D eigenvalue weighted by Gasteiger charge is 2.14. The monoisotopic (exact) mass is 347 g/mol. The minimum atomic E-state index is -3.20. The third-order valence-electron chi connectivity index (χ3n) is 4.06. The second-order valence-corrected chi connectivity index (χ2v) is 7.95. The van der Waals surface area contributed by atoms with Gasteiger partial charge in [0.15, 0.2) is 9.84 Å². The van der Waals surface area contributed by atoms with Crippen molar-refractivity contribution in [3.05, 3.63) is 65.2 Å². The van der Waals surface area contributed by atoms with Crippen molar-refractivity contribution in [1.29, 1.82) is 0 Å². The van der Waals surface area contributed by atoms with Crippen LogP contribution >= 0.6 is 0 Å². The maximum atomic E-state index is 11.5. The third-order valence-corrected chi connectivity index (χ3v) is 5.19. The molecule has 0 saturated carbocycles. The van der Waals surface area contributed by atoms with Crippen LogP contribution in [0.5, 0.6) is 0 Å². The summed E-state index contributed by atoms with van der Waals surface area (Å²) in [6, 6.07) is 13.8. The molecule has 0 amide bonds. The number of carboxylic acid groups (broad SMARTS) is 1. The molecule has 128 valence electrons. The quantitative estimate of drug-likeness (QED) is 0.869. The maximum absolute atomic E-state index is 11.5. The smallest absolute Gasteiger partial charge is 0.335 e. The summed E-state index contributed by atoms with van der Waals surface area (Å²) in [5.41, 5.74) is 2.18. The summed E-state index contributed by atoms with van der Waals surface area (Å²) < 4.78 is 23.0. The molecule has 24 heavy (non-hydrogen) atoms. The molecule has 6 heteroatoms. The fraction of sp³-hybridized carbons (Fsp3) is 0.278. The van der Waals surface area contributed by atoms with E-state index in [0.29, 0.717) is 11.4 Å². The minimum Gasteiger partial charge on any atom is -0.478 e. The molecule has 2 aromatic carbocycles. The Morgan fingerprint density at radius 2 is 1.79 bits per heavy atom. The first-order valence-corrected chi connectivity index (χ1v) is 9.40. The van der Waals surface area contributed by atoms with Gasteiger partial charge in [-0.1, -0.05) is 24.3 Å². The summed E-state index contributed by atoms with van der Waals surface area (Å²) in [5, 5.41) is 9.06. The number of hydrogen-bond donors (Lipinski definition) is 1. The molecule has 0 fully saturated rings. The van der Waals surface area contributed by atoms with Crippen LogP contribution < -0.4 is 0 Å². The molecule has 0 aliphatic heterocycles. The summed E-state index contributed by atoms with van der Waals surface area (Å²) in [6.07, 6.45) is 1.19. The van der Waals surface area contributed by atoms with Crippen molar-refractivity contribution < 1.29 is 18.3 Å². The van der Waals surface area contributed by atoms with Gasteiger partial charge in [0.1, 0.15) is 0 Å². The third kappa shape index (κ3) is 4.43. The van der Waals surface area contributed by atoms with Gasteiger partial charge in [0.25, 0.3) is 0 Å². The lowest BCUT2D eigenvalue weighted by Crippen LogP contribution is -2.22. The van der Waals surface area contributed by atoms with Crippen molar-refractivity contribution in [2.75, 3.05) is 13.3 Å². The summed E-state index contributed by atoms with van der Waals surface area (Å²) in [6.45, 7) is 2.62. The molecule has 0 bridgehead atoms. The lowest BCUT2D eigenvalue weighted by molar-refractivity contribution is 0.0696. The Hall–Kier alpha value is -2.18. The van der Waals surface area contributed by atoms with E-state index in [1.54, 1.807) is 30.3 Å². The predicted octanol–water partition coefficient (Wildman–Crippen LogP) is 2.98. The highest BCUT2D eigenvalue weighted by molar-refractivity contribution is 7.90. The van der Waals surface area contributed by atoms with Crippen LogP contribution in [0.2, 0.25) is 0 Å². The lowest BCUT2D eigenvalue weighted by Gasteiger charge is -2.25. The van der Waals surface area contributed by atoms with E-state index in [1.807, 2.05) is 32.2 Å². The molecular formula is C18H21NO4S. The number of carboxylic acids is 1. The number of carbonyl (C=O) groups is 1. The molecule has 2 rings (SSSR count). The van der Waals surface area contributed by atoms with Gasteiger partial charge in [-0.25, -0.2) is 13.2 Å². The summed E-state index contributed by atoms with van der Waals surface area (Å²) >= 11 is 0. The van der Waals surface area contributed by atoms with Gasteiger partial charge in [-0.3, -0.25) is 4.90 Å². The Bertz CT molecular complexity index is 828. The SMILES string of the molecule is CC(c1ccc(S(C)(=O)=O)cc1)N(C)Cc1cccc(C(=O)O)c1. The van der Waals surface area contributed by atoms with Gasteiger partial charge in [0, 0.05) is 18.8 Å². The van der Waals surface area contributed by atoms with Crippen LogP contribution in [0.1, 0.15) is 34.5 Å². The van der Waals surface area contributed by atoms with Crippen LogP contribution in [0.3, 0.4) is 0 Å². The zero-order chi connectivity index (χ0) is 17.9. The summed E-state index contributed by atoms with van der Waals surface area (Å²) in [5.74, 6) is -0.941. The summed E-state index contributed by atoms with van der Waals surface area (Å²) in [7, 11) is -1.25.